The van der Waals surface area contributed by atoms with Crippen LogP contribution in [0.5, 0.6) is 0 Å². The van der Waals surface area contributed by atoms with Crippen molar-refractivity contribution in [2.24, 2.45) is 23.2 Å². The van der Waals surface area contributed by atoms with Crippen LogP contribution in [0, 0.1) is 23.2 Å². The van der Waals surface area contributed by atoms with Crippen LogP contribution >= 0.6 is 0 Å². The Balaban J connectivity index is 2.71. The zero-order valence-electron chi connectivity index (χ0n) is 20.7. The average molecular weight is 443 g/mol. The molecule has 0 radical (unpaired) electrons. The quantitative estimate of drug-likeness (QED) is 0.308. The first-order valence-electron chi connectivity index (χ1n) is 11.5. The van der Waals surface area contributed by atoms with Crippen molar-refractivity contribution in [3.8, 4) is 0 Å². The van der Waals surface area contributed by atoms with Crippen molar-refractivity contribution in [1.82, 2.24) is 0 Å². The van der Waals surface area contributed by atoms with E-state index in [2.05, 4.69) is 46.8 Å². The molecule has 0 saturated carbocycles. The molecule has 0 spiro atoms. The summed E-state index contributed by atoms with van der Waals surface area (Å²) >= 11 is 0. The van der Waals surface area contributed by atoms with E-state index in [0.29, 0.717) is 19.1 Å². The summed E-state index contributed by atoms with van der Waals surface area (Å²) in [6.07, 6.45) is 6.84. The van der Waals surface area contributed by atoms with Crippen molar-refractivity contribution < 1.29 is 29.2 Å². The molecule has 0 fully saturated rings. The Bertz CT molecular complexity index is 551. The van der Waals surface area contributed by atoms with Gasteiger partial charge in [-0.1, -0.05) is 51.0 Å². The highest BCUT2D eigenvalue weighted by molar-refractivity contribution is 5.13. The molecule has 1 rings (SSSR count). The molecule has 0 heterocycles. The smallest absolute Gasteiger partial charge is 0.178 e. The van der Waals surface area contributed by atoms with Gasteiger partial charge in [0.25, 0.3) is 0 Å². The van der Waals surface area contributed by atoms with Crippen LogP contribution in [0.3, 0.4) is 0 Å². The molecule has 6 heteroatoms. The molecule has 5 atom stereocenters. The van der Waals surface area contributed by atoms with Gasteiger partial charge in [-0.15, -0.1) is 0 Å². The molecule has 0 aromatic heterocycles. The first kappa shape index (κ1) is 28.3. The number of methoxy groups -OCH3 is 2. The number of ether oxygens (including phenoxy) is 4. The highest BCUT2D eigenvalue weighted by Gasteiger charge is 2.29. The minimum absolute atomic E-state index is 0.152. The van der Waals surface area contributed by atoms with Crippen LogP contribution in [0.15, 0.2) is 23.3 Å². The third-order valence-electron chi connectivity index (χ3n) is 6.34. The van der Waals surface area contributed by atoms with Gasteiger partial charge in [0, 0.05) is 14.2 Å². The number of aliphatic hydroxyl groups is 2. The van der Waals surface area contributed by atoms with Gasteiger partial charge in [-0.05, 0) is 55.8 Å². The van der Waals surface area contributed by atoms with Crippen molar-refractivity contribution in [3.63, 3.8) is 0 Å². The maximum atomic E-state index is 9.91. The van der Waals surface area contributed by atoms with Crippen molar-refractivity contribution in [2.75, 3.05) is 40.6 Å². The van der Waals surface area contributed by atoms with Crippen molar-refractivity contribution >= 4 is 0 Å². The molecular weight excluding hydrogens is 396 g/mol. The summed E-state index contributed by atoms with van der Waals surface area (Å²) < 4.78 is 21.1. The van der Waals surface area contributed by atoms with E-state index in [-0.39, 0.29) is 30.5 Å². The van der Waals surface area contributed by atoms with Gasteiger partial charge in [0.1, 0.15) is 0 Å². The maximum absolute atomic E-state index is 9.91. The summed E-state index contributed by atoms with van der Waals surface area (Å²) in [6.45, 7) is 12.4. The highest BCUT2D eigenvalue weighted by Crippen LogP contribution is 2.36. The molecule has 31 heavy (non-hydrogen) atoms. The first-order valence-corrected chi connectivity index (χ1v) is 11.5. The fraction of sp³-hybridized carbons (Fsp3) is 0.840. The van der Waals surface area contributed by atoms with E-state index in [1.165, 1.54) is 18.3 Å². The van der Waals surface area contributed by atoms with Gasteiger partial charge in [0.05, 0.1) is 26.4 Å². The predicted molar refractivity (Wildman–Crippen MR) is 124 cm³/mol. The number of rotatable bonds is 14. The second-order valence-electron chi connectivity index (χ2n) is 9.84. The van der Waals surface area contributed by atoms with E-state index in [4.69, 9.17) is 18.9 Å². The second kappa shape index (κ2) is 14.4. The van der Waals surface area contributed by atoms with Gasteiger partial charge in [0.15, 0.2) is 12.6 Å². The summed E-state index contributed by atoms with van der Waals surface area (Å²) in [5.74, 6) is 0.937. The van der Waals surface area contributed by atoms with Crippen LogP contribution < -0.4 is 0 Å². The van der Waals surface area contributed by atoms with Crippen molar-refractivity contribution in [2.45, 2.75) is 72.9 Å². The molecule has 0 aliphatic heterocycles. The van der Waals surface area contributed by atoms with Gasteiger partial charge < -0.3 is 29.2 Å². The maximum Gasteiger partial charge on any atom is 0.178 e. The van der Waals surface area contributed by atoms with Gasteiger partial charge in [-0.25, -0.2) is 0 Å². The molecule has 182 valence electrons. The largest absolute Gasteiger partial charge is 0.379 e. The first-order chi connectivity index (χ1) is 14.6. The number of aliphatic hydroxyl groups excluding tert-OH is 2. The fourth-order valence-corrected chi connectivity index (χ4v) is 3.74. The summed E-state index contributed by atoms with van der Waals surface area (Å²) in [5, 5.41) is 19.7. The van der Waals surface area contributed by atoms with Crippen LogP contribution in [0.25, 0.3) is 0 Å². The van der Waals surface area contributed by atoms with Gasteiger partial charge in [-0.2, -0.15) is 0 Å². The van der Waals surface area contributed by atoms with Gasteiger partial charge in [-0.3, -0.25) is 0 Å². The monoisotopic (exact) mass is 442 g/mol. The summed E-state index contributed by atoms with van der Waals surface area (Å²) in [4.78, 5) is 0. The number of hydrogen-bond acceptors (Lipinski definition) is 6. The van der Waals surface area contributed by atoms with Crippen LogP contribution in [0.4, 0.5) is 0 Å². The Morgan fingerprint density at radius 1 is 1.06 bits per heavy atom. The Morgan fingerprint density at radius 2 is 1.61 bits per heavy atom. The Morgan fingerprint density at radius 3 is 2.13 bits per heavy atom. The van der Waals surface area contributed by atoms with Crippen LogP contribution in [-0.4, -0.2) is 63.4 Å². The van der Waals surface area contributed by atoms with E-state index >= 15 is 0 Å². The molecule has 0 amide bonds. The summed E-state index contributed by atoms with van der Waals surface area (Å²) in [7, 11) is 3.08. The normalized spacial score (nSPS) is 23.4. The molecule has 5 unspecified atom stereocenters. The molecule has 1 aliphatic carbocycles. The van der Waals surface area contributed by atoms with Crippen molar-refractivity contribution in [3.05, 3.63) is 23.3 Å². The highest BCUT2D eigenvalue weighted by atomic mass is 16.6. The predicted octanol–water partition coefficient (Wildman–Crippen LogP) is 4.31. The lowest BCUT2D eigenvalue weighted by molar-refractivity contribution is -0.159. The molecule has 0 aromatic carbocycles. The fourth-order valence-electron chi connectivity index (χ4n) is 3.74. The lowest BCUT2D eigenvalue weighted by Gasteiger charge is -2.34. The van der Waals surface area contributed by atoms with Crippen LogP contribution in [0.2, 0.25) is 0 Å². The standard InChI is InChI=1S/C25H46O6/c1-18(9-8-10-19(2)25(3,4)5)20-11-12-21(14-30-23(26)16-28-6)22(13-20)15-31-24(27)17-29-7/h10-11,18,21-24,26-27H,8-9,12-17H2,1-7H3/b19-10+. The molecule has 2 N–H and O–H groups in total. The SMILES string of the molecule is COCC(O)OCC1CC=C(C(C)CC/C=C(\C)C(C)(C)C)CC1COC(O)COC. The van der Waals surface area contributed by atoms with E-state index in [9.17, 15) is 10.2 Å². The molecule has 1 aliphatic rings. The van der Waals surface area contributed by atoms with Crippen LogP contribution in [0.1, 0.15) is 60.3 Å². The Kier molecular flexibility index (Phi) is 13.1. The van der Waals surface area contributed by atoms with E-state index < -0.39 is 12.6 Å². The molecular formula is C25H46O6. The molecule has 0 bridgehead atoms. The second-order valence-corrected chi connectivity index (χ2v) is 9.84. The van der Waals surface area contributed by atoms with E-state index in [1.54, 1.807) is 7.11 Å². The molecule has 6 nitrogen and oxygen atoms in total. The third-order valence-corrected chi connectivity index (χ3v) is 6.34. The van der Waals surface area contributed by atoms with Gasteiger partial charge in [0.2, 0.25) is 0 Å². The lowest BCUT2D eigenvalue weighted by Crippen LogP contribution is -2.33. The molecule has 0 aromatic rings. The average Bonchev–Trinajstić information content (AvgIpc) is 2.70. The van der Waals surface area contributed by atoms with Gasteiger partial charge >= 0.3 is 0 Å². The number of hydrogen-bond donors (Lipinski definition) is 2. The molecule has 0 saturated heterocycles. The van der Waals surface area contributed by atoms with E-state index in [1.807, 2.05) is 0 Å². The third kappa shape index (κ3) is 11.1. The minimum Gasteiger partial charge on any atom is -0.379 e. The topological polar surface area (TPSA) is 77.4 Å². The lowest BCUT2D eigenvalue weighted by atomic mass is 9.76. The zero-order chi connectivity index (χ0) is 23.4. The zero-order valence-corrected chi connectivity index (χ0v) is 20.7. The van der Waals surface area contributed by atoms with E-state index in [0.717, 1.165) is 25.7 Å². The summed E-state index contributed by atoms with van der Waals surface area (Å²) in [6, 6.07) is 0. The minimum atomic E-state index is -0.928. The van der Waals surface area contributed by atoms with Crippen LogP contribution in [-0.2, 0) is 18.9 Å². The van der Waals surface area contributed by atoms with Crippen molar-refractivity contribution in [1.29, 1.82) is 0 Å². The Labute approximate surface area is 189 Å². The number of allylic oxidation sites excluding steroid dienone is 4. The Hall–Kier alpha value is -0.760. The summed E-state index contributed by atoms with van der Waals surface area (Å²) in [5.41, 5.74) is 3.10.